The van der Waals surface area contributed by atoms with Crippen molar-refractivity contribution in [2.75, 3.05) is 6.61 Å². The van der Waals surface area contributed by atoms with Crippen LogP contribution in [0.1, 0.15) is 42.8 Å². The van der Waals surface area contributed by atoms with Crippen molar-refractivity contribution >= 4 is 5.97 Å². The normalized spacial score (nSPS) is 20.6. The van der Waals surface area contributed by atoms with E-state index in [1.807, 2.05) is 41.8 Å². The van der Waals surface area contributed by atoms with E-state index in [0.717, 1.165) is 5.69 Å². The fourth-order valence-corrected chi connectivity index (χ4v) is 3.99. The maximum atomic E-state index is 12.8. The van der Waals surface area contributed by atoms with Crippen molar-refractivity contribution in [3.8, 4) is 17.2 Å². The number of hydrogen-bond acceptors (Lipinski definition) is 8. The van der Waals surface area contributed by atoms with Crippen molar-refractivity contribution in [3.63, 3.8) is 0 Å². The standard InChI is InChI=1S/C22H25N5O4/c1-3-13-10-15(17(29)11-16(13)28)19-18(20(25-24-19)22(30)31-4-2)21-26-23-12-27(21)14-8-6-5-7-9-14/h5-12,18-20,24-25,28-29H,3-4H2,1-2H3. The quantitative estimate of drug-likeness (QED) is 0.445. The average Bonchev–Trinajstić information content (AvgIpc) is 3.41. The molecule has 3 atom stereocenters. The second kappa shape index (κ2) is 8.75. The molecule has 4 N–H and O–H groups in total. The molecule has 0 bridgehead atoms. The number of hydrazine groups is 1. The van der Waals surface area contributed by atoms with Gasteiger partial charge in [-0.3, -0.25) is 9.36 Å². The van der Waals surface area contributed by atoms with Gasteiger partial charge in [0.25, 0.3) is 0 Å². The number of esters is 1. The molecule has 1 aliphatic rings. The lowest BCUT2D eigenvalue weighted by Crippen LogP contribution is -2.39. The summed E-state index contributed by atoms with van der Waals surface area (Å²) in [5, 5.41) is 29.1. The minimum absolute atomic E-state index is 0.0284. The minimum atomic E-state index is -0.755. The van der Waals surface area contributed by atoms with Crippen molar-refractivity contribution in [2.24, 2.45) is 0 Å². The summed E-state index contributed by atoms with van der Waals surface area (Å²) < 4.78 is 7.09. The van der Waals surface area contributed by atoms with E-state index in [-0.39, 0.29) is 18.1 Å². The third-order valence-corrected chi connectivity index (χ3v) is 5.50. The maximum absolute atomic E-state index is 12.8. The Morgan fingerprint density at radius 3 is 2.61 bits per heavy atom. The highest BCUT2D eigenvalue weighted by atomic mass is 16.5. The summed E-state index contributed by atoms with van der Waals surface area (Å²) in [6.45, 7) is 3.91. The number of carbonyl (C=O) groups excluding carboxylic acids is 1. The SMILES string of the molecule is CCOC(=O)C1NNC(c2cc(CC)c(O)cc2O)C1c1nncn1-c1ccccc1. The smallest absolute Gasteiger partial charge is 0.325 e. The van der Waals surface area contributed by atoms with Gasteiger partial charge in [0.1, 0.15) is 29.7 Å². The zero-order valence-electron chi connectivity index (χ0n) is 17.3. The van der Waals surface area contributed by atoms with E-state index in [1.54, 1.807) is 19.3 Å². The van der Waals surface area contributed by atoms with Gasteiger partial charge in [0.05, 0.1) is 18.6 Å². The molecule has 2 heterocycles. The van der Waals surface area contributed by atoms with Crippen LogP contribution in [0, 0.1) is 0 Å². The number of phenolic OH excluding ortho intramolecular Hbond substituents is 2. The number of aromatic nitrogens is 3. The number of hydrogen-bond donors (Lipinski definition) is 4. The average molecular weight is 423 g/mol. The number of rotatable bonds is 6. The van der Waals surface area contributed by atoms with Crippen molar-refractivity contribution in [1.82, 2.24) is 25.6 Å². The minimum Gasteiger partial charge on any atom is -0.508 e. The highest BCUT2D eigenvalue weighted by molar-refractivity contribution is 5.78. The topological polar surface area (TPSA) is 122 Å². The van der Waals surface area contributed by atoms with Gasteiger partial charge in [0.2, 0.25) is 0 Å². The summed E-state index contributed by atoms with van der Waals surface area (Å²) in [4.78, 5) is 12.8. The van der Waals surface area contributed by atoms with E-state index in [2.05, 4.69) is 21.0 Å². The lowest BCUT2D eigenvalue weighted by Gasteiger charge is -2.23. The molecule has 162 valence electrons. The number of nitrogens with one attached hydrogen (secondary N) is 2. The van der Waals surface area contributed by atoms with Gasteiger partial charge < -0.3 is 14.9 Å². The molecular formula is C22H25N5O4. The Morgan fingerprint density at radius 1 is 1.13 bits per heavy atom. The number of aryl methyl sites for hydroxylation is 1. The fraction of sp³-hybridized carbons (Fsp3) is 0.318. The lowest BCUT2D eigenvalue weighted by atomic mass is 9.87. The molecule has 0 spiro atoms. The second-order valence-electron chi connectivity index (χ2n) is 7.31. The number of carbonyl (C=O) groups is 1. The number of nitrogens with zero attached hydrogens (tertiary/aromatic N) is 3. The van der Waals surface area contributed by atoms with Gasteiger partial charge >= 0.3 is 5.97 Å². The lowest BCUT2D eigenvalue weighted by molar-refractivity contribution is -0.145. The molecule has 4 rings (SSSR count). The van der Waals surface area contributed by atoms with E-state index in [9.17, 15) is 15.0 Å². The Morgan fingerprint density at radius 2 is 1.90 bits per heavy atom. The van der Waals surface area contributed by atoms with E-state index < -0.39 is 24.0 Å². The number of phenols is 2. The fourth-order valence-electron chi connectivity index (χ4n) is 3.99. The molecule has 1 aliphatic heterocycles. The van der Waals surface area contributed by atoms with E-state index in [0.29, 0.717) is 23.4 Å². The summed E-state index contributed by atoms with van der Waals surface area (Å²) in [7, 11) is 0. The molecule has 0 radical (unpaired) electrons. The van der Waals surface area contributed by atoms with Gasteiger partial charge in [0.15, 0.2) is 0 Å². The van der Waals surface area contributed by atoms with Crippen molar-refractivity contribution in [3.05, 3.63) is 65.7 Å². The molecule has 0 saturated carbocycles. The van der Waals surface area contributed by atoms with Gasteiger partial charge in [-0.2, -0.15) is 0 Å². The van der Waals surface area contributed by atoms with Gasteiger partial charge in [-0.05, 0) is 37.1 Å². The Balaban J connectivity index is 1.83. The molecule has 9 heteroatoms. The second-order valence-corrected chi connectivity index (χ2v) is 7.31. The first-order valence-electron chi connectivity index (χ1n) is 10.2. The zero-order chi connectivity index (χ0) is 22.0. The van der Waals surface area contributed by atoms with Crippen molar-refractivity contribution in [1.29, 1.82) is 0 Å². The molecule has 1 fully saturated rings. The first kappa shape index (κ1) is 20.8. The number of ether oxygens (including phenoxy) is 1. The van der Waals surface area contributed by atoms with Crippen LogP contribution < -0.4 is 10.9 Å². The number of aromatic hydroxyl groups is 2. The molecule has 0 aliphatic carbocycles. The predicted octanol–water partition coefficient (Wildman–Crippen LogP) is 2.11. The van der Waals surface area contributed by atoms with Crippen LogP contribution in [-0.4, -0.2) is 43.6 Å². The van der Waals surface area contributed by atoms with Gasteiger partial charge in [-0.15, -0.1) is 10.2 Å². The van der Waals surface area contributed by atoms with Crippen LogP contribution >= 0.6 is 0 Å². The Kier molecular flexibility index (Phi) is 5.88. The van der Waals surface area contributed by atoms with Crippen LogP contribution in [-0.2, 0) is 16.0 Å². The van der Waals surface area contributed by atoms with E-state index >= 15 is 0 Å². The van der Waals surface area contributed by atoms with Crippen LogP contribution in [0.3, 0.4) is 0 Å². The Hall–Kier alpha value is -3.43. The van der Waals surface area contributed by atoms with Crippen LogP contribution in [0.2, 0.25) is 0 Å². The summed E-state index contributed by atoms with van der Waals surface area (Å²) in [6, 6.07) is 11.4. The van der Waals surface area contributed by atoms with Crippen LogP contribution in [0.25, 0.3) is 5.69 Å². The molecule has 0 amide bonds. The van der Waals surface area contributed by atoms with Gasteiger partial charge in [0, 0.05) is 17.3 Å². The first-order chi connectivity index (χ1) is 15.0. The van der Waals surface area contributed by atoms with Crippen LogP contribution in [0.15, 0.2) is 48.8 Å². The van der Waals surface area contributed by atoms with Crippen molar-refractivity contribution in [2.45, 2.75) is 38.3 Å². The largest absolute Gasteiger partial charge is 0.508 e. The maximum Gasteiger partial charge on any atom is 0.325 e. The predicted molar refractivity (Wildman–Crippen MR) is 113 cm³/mol. The third-order valence-electron chi connectivity index (χ3n) is 5.50. The summed E-state index contributed by atoms with van der Waals surface area (Å²) >= 11 is 0. The zero-order valence-corrected chi connectivity index (χ0v) is 17.3. The van der Waals surface area contributed by atoms with Crippen molar-refractivity contribution < 1.29 is 19.7 Å². The molecular weight excluding hydrogens is 398 g/mol. The van der Waals surface area contributed by atoms with E-state index in [4.69, 9.17) is 4.74 Å². The molecule has 3 aromatic rings. The molecule has 9 nitrogen and oxygen atoms in total. The highest BCUT2D eigenvalue weighted by Gasteiger charge is 2.46. The first-order valence-corrected chi connectivity index (χ1v) is 10.2. The summed E-state index contributed by atoms with van der Waals surface area (Å²) in [5.74, 6) is -0.479. The van der Waals surface area contributed by atoms with Gasteiger partial charge in [-0.25, -0.2) is 10.9 Å². The van der Waals surface area contributed by atoms with Crippen LogP contribution in [0.4, 0.5) is 0 Å². The Bertz CT molecular complexity index is 1070. The van der Waals surface area contributed by atoms with Gasteiger partial charge in [-0.1, -0.05) is 25.1 Å². The summed E-state index contributed by atoms with van der Waals surface area (Å²) in [6.07, 6.45) is 2.18. The monoisotopic (exact) mass is 423 g/mol. The summed E-state index contributed by atoms with van der Waals surface area (Å²) in [5.41, 5.74) is 8.21. The Labute approximate surface area is 179 Å². The molecule has 2 aromatic carbocycles. The molecule has 1 aromatic heterocycles. The van der Waals surface area contributed by atoms with E-state index in [1.165, 1.54) is 6.07 Å². The number of para-hydroxylation sites is 1. The third kappa shape index (κ3) is 3.85. The van der Waals surface area contributed by atoms with Crippen LogP contribution in [0.5, 0.6) is 11.5 Å². The number of benzene rings is 2. The molecule has 3 unspecified atom stereocenters. The molecule has 31 heavy (non-hydrogen) atoms. The highest BCUT2D eigenvalue weighted by Crippen LogP contribution is 2.42. The molecule has 1 saturated heterocycles.